The average Bonchev–Trinajstić information content (AvgIpc) is 2.41. The van der Waals surface area contributed by atoms with Gasteiger partial charge in [0, 0.05) is 12.1 Å². The van der Waals surface area contributed by atoms with Crippen molar-refractivity contribution in [3.8, 4) is 11.5 Å². The first kappa shape index (κ1) is 13.2. The van der Waals surface area contributed by atoms with Gasteiger partial charge in [0.1, 0.15) is 6.04 Å². The van der Waals surface area contributed by atoms with Crippen LogP contribution < -0.4 is 0 Å². The molecule has 1 saturated heterocycles. The Hall–Kier alpha value is -2.24. The number of carboxylic acid groups (broad SMARTS) is 1. The lowest BCUT2D eigenvalue weighted by Gasteiger charge is -2.33. The molecule has 102 valence electrons. The molecule has 1 heterocycles. The Balaban J connectivity index is 2.26. The van der Waals surface area contributed by atoms with E-state index >= 15 is 0 Å². The van der Waals surface area contributed by atoms with Crippen molar-refractivity contribution in [2.24, 2.45) is 0 Å². The van der Waals surface area contributed by atoms with E-state index < -0.39 is 23.7 Å². The van der Waals surface area contributed by atoms with Crippen LogP contribution in [0.2, 0.25) is 0 Å². The van der Waals surface area contributed by atoms with Crippen LogP contribution in [0.4, 0.5) is 0 Å². The second-order valence-corrected chi connectivity index (χ2v) is 4.55. The summed E-state index contributed by atoms with van der Waals surface area (Å²) >= 11 is 0. The van der Waals surface area contributed by atoms with Crippen LogP contribution in [-0.2, 0) is 4.79 Å². The molecule has 0 saturated carbocycles. The van der Waals surface area contributed by atoms with E-state index in [2.05, 4.69) is 0 Å². The molecule has 1 aromatic rings. The lowest BCUT2D eigenvalue weighted by Crippen LogP contribution is -2.47. The fraction of sp³-hybridized carbons (Fsp3) is 0.385. The van der Waals surface area contributed by atoms with Gasteiger partial charge in [0.15, 0.2) is 11.5 Å². The van der Waals surface area contributed by atoms with Gasteiger partial charge in [-0.1, -0.05) is 0 Å². The third kappa shape index (κ3) is 2.62. The molecule has 6 nitrogen and oxygen atoms in total. The van der Waals surface area contributed by atoms with Crippen molar-refractivity contribution in [3.05, 3.63) is 23.8 Å². The molecule has 1 aliphatic heterocycles. The number of piperidine rings is 1. The molecule has 19 heavy (non-hydrogen) atoms. The number of amides is 1. The third-order valence-corrected chi connectivity index (χ3v) is 3.27. The van der Waals surface area contributed by atoms with Crippen LogP contribution in [0.15, 0.2) is 18.2 Å². The van der Waals surface area contributed by atoms with Crippen LogP contribution in [-0.4, -0.2) is 44.7 Å². The highest BCUT2D eigenvalue weighted by Gasteiger charge is 2.32. The molecule has 0 spiro atoms. The summed E-state index contributed by atoms with van der Waals surface area (Å²) in [5, 5.41) is 27.7. The average molecular weight is 265 g/mol. The summed E-state index contributed by atoms with van der Waals surface area (Å²) in [6, 6.07) is 2.90. The van der Waals surface area contributed by atoms with E-state index in [0.29, 0.717) is 13.0 Å². The number of nitrogens with zero attached hydrogens (tertiary/aromatic N) is 1. The van der Waals surface area contributed by atoms with E-state index in [-0.39, 0.29) is 11.3 Å². The molecule has 2 rings (SSSR count). The molecular weight excluding hydrogens is 250 g/mol. The zero-order chi connectivity index (χ0) is 14.0. The smallest absolute Gasteiger partial charge is 0.326 e. The molecule has 6 heteroatoms. The number of likely N-dealkylation sites (tertiary alicyclic amines) is 1. The van der Waals surface area contributed by atoms with Gasteiger partial charge >= 0.3 is 5.97 Å². The van der Waals surface area contributed by atoms with E-state index in [4.69, 9.17) is 5.11 Å². The Morgan fingerprint density at radius 3 is 2.53 bits per heavy atom. The molecule has 0 unspecified atom stereocenters. The number of aliphatic carboxylic acids is 1. The Morgan fingerprint density at radius 1 is 1.16 bits per heavy atom. The molecule has 3 N–H and O–H groups in total. The minimum absolute atomic E-state index is 0.170. The summed E-state index contributed by atoms with van der Waals surface area (Å²) in [6.07, 6.45) is 1.98. The lowest BCUT2D eigenvalue weighted by atomic mass is 10.0. The van der Waals surface area contributed by atoms with E-state index in [1.54, 1.807) is 0 Å². The Kier molecular flexibility index (Phi) is 3.59. The van der Waals surface area contributed by atoms with Gasteiger partial charge in [-0.2, -0.15) is 0 Å². The van der Waals surface area contributed by atoms with Gasteiger partial charge in [-0.05, 0) is 37.5 Å². The van der Waals surface area contributed by atoms with Crippen molar-refractivity contribution in [1.29, 1.82) is 0 Å². The molecule has 0 bridgehead atoms. The standard InChI is InChI=1S/C13H15NO5/c15-10-5-4-8(7-11(10)16)12(17)14-6-2-1-3-9(14)13(18)19/h4-5,7,9,15-16H,1-3,6H2,(H,18,19)/t9-/m0/s1. The number of aromatic hydroxyl groups is 2. The van der Waals surface area contributed by atoms with Gasteiger partial charge in [-0.25, -0.2) is 4.79 Å². The molecule has 0 aliphatic carbocycles. The maximum Gasteiger partial charge on any atom is 0.326 e. The van der Waals surface area contributed by atoms with E-state index in [9.17, 15) is 19.8 Å². The predicted molar refractivity (Wildman–Crippen MR) is 66.1 cm³/mol. The number of rotatable bonds is 2. The summed E-state index contributed by atoms with van der Waals surface area (Å²) in [4.78, 5) is 24.7. The molecule has 1 aromatic carbocycles. The number of carboxylic acids is 1. The number of benzene rings is 1. The van der Waals surface area contributed by atoms with Crippen LogP contribution in [0.25, 0.3) is 0 Å². The van der Waals surface area contributed by atoms with Gasteiger partial charge in [-0.15, -0.1) is 0 Å². The highest BCUT2D eigenvalue weighted by molar-refractivity contribution is 5.97. The molecule has 0 radical (unpaired) electrons. The molecule has 0 aromatic heterocycles. The highest BCUT2D eigenvalue weighted by atomic mass is 16.4. The zero-order valence-corrected chi connectivity index (χ0v) is 10.2. The second-order valence-electron chi connectivity index (χ2n) is 4.55. The van der Waals surface area contributed by atoms with Crippen molar-refractivity contribution in [1.82, 2.24) is 4.90 Å². The minimum Gasteiger partial charge on any atom is -0.504 e. The SMILES string of the molecule is O=C(O)[C@@H]1CCCCN1C(=O)c1ccc(O)c(O)c1. The molecule has 1 aliphatic rings. The fourth-order valence-corrected chi connectivity index (χ4v) is 2.25. The van der Waals surface area contributed by atoms with Crippen molar-refractivity contribution in [3.63, 3.8) is 0 Å². The molecule has 1 atom stereocenters. The van der Waals surface area contributed by atoms with Crippen LogP contribution in [0.1, 0.15) is 29.6 Å². The lowest BCUT2D eigenvalue weighted by molar-refractivity contribution is -0.143. The maximum atomic E-state index is 12.2. The maximum absolute atomic E-state index is 12.2. The molecule has 1 fully saturated rings. The summed E-state index contributed by atoms with van der Waals surface area (Å²) in [5.41, 5.74) is 0.170. The fourth-order valence-electron chi connectivity index (χ4n) is 2.25. The van der Waals surface area contributed by atoms with Crippen LogP contribution >= 0.6 is 0 Å². The van der Waals surface area contributed by atoms with Crippen LogP contribution in [0.3, 0.4) is 0 Å². The predicted octanol–water partition coefficient (Wildman–Crippen LogP) is 1.18. The van der Waals surface area contributed by atoms with Gasteiger partial charge in [0.25, 0.3) is 5.91 Å². The summed E-state index contributed by atoms with van der Waals surface area (Å²) in [5.74, 6) is -2.17. The van der Waals surface area contributed by atoms with E-state index in [1.165, 1.54) is 17.0 Å². The van der Waals surface area contributed by atoms with Gasteiger partial charge in [0.05, 0.1) is 0 Å². The number of phenolic OH excluding ortho intramolecular Hbond substituents is 2. The quantitative estimate of drug-likeness (QED) is 0.697. The van der Waals surface area contributed by atoms with E-state index in [1.807, 2.05) is 0 Å². The first-order valence-corrected chi connectivity index (χ1v) is 6.06. The third-order valence-electron chi connectivity index (χ3n) is 3.27. The summed E-state index contributed by atoms with van der Waals surface area (Å²) in [6.45, 7) is 0.386. The van der Waals surface area contributed by atoms with Crippen LogP contribution in [0.5, 0.6) is 11.5 Å². The van der Waals surface area contributed by atoms with Gasteiger partial charge < -0.3 is 20.2 Å². The second kappa shape index (κ2) is 5.17. The first-order valence-electron chi connectivity index (χ1n) is 6.06. The number of hydrogen-bond acceptors (Lipinski definition) is 4. The van der Waals surface area contributed by atoms with Crippen molar-refractivity contribution in [2.45, 2.75) is 25.3 Å². The van der Waals surface area contributed by atoms with Crippen molar-refractivity contribution in [2.75, 3.05) is 6.54 Å². The molecule has 1 amide bonds. The number of carbonyl (C=O) groups is 2. The van der Waals surface area contributed by atoms with Crippen molar-refractivity contribution >= 4 is 11.9 Å². The summed E-state index contributed by atoms with van der Waals surface area (Å²) in [7, 11) is 0. The highest BCUT2D eigenvalue weighted by Crippen LogP contribution is 2.27. The monoisotopic (exact) mass is 265 g/mol. The first-order chi connectivity index (χ1) is 9.00. The van der Waals surface area contributed by atoms with Gasteiger partial charge in [-0.3, -0.25) is 4.79 Å². The normalized spacial score (nSPS) is 19.2. The number of carbonyl (C=O) groups excluding carboxylic acids is 1. The minimum atomic E-state index is -1.02. The van der Waals surface area contributed by atoms with Gasteiger partial charge in [0.2, 0.25) is 0 Å². The largest absolute Gasteiger partial charge is 0.504 e. The Morgan fingerprint density at radius 2 is 1.89 bits per heavy atom. The topological polar surface area (TPSA) is 98.1 Å². The number of hydrogen-bond donors (Lipinski definition) is 3. The molecular formula is C13H15NO5. The van der Waals surface area contributed by atoms with Crippen molar-refractivity contribution < 1.29 is 24.9 Å². The zero-order valence-electron chi connectivity index (χ0n) is 10.2. The number of phenols is 2. The Labute approximate surface area is 109 Å². The Bertz CT molecular complexity index is 514. The van der Waals surface area contributed by atoms with Crippen LogP contribution in [0, 0.1) is 0 Å². The van der Waals surface area contributed by atoms with E-state index in [0.717, 1.165) is 18.9 Å². The summed E-state index contributed by atoms with van der Waals surface area (Å²) < 4.78 is 0.